The highest BCUT2D eigenvalue weighted by Gasteiger charge is 2.40. The topological polar surface area (TPSA) is 36.4 Å². The second-order valence-corrected chi connectivity index (χ2v) is 6.22. The van der Waals surface area contributed by atoms with Crippen LogP contribution < -0.4 is 10.6 Å². The Morgan fingerprint density at radius 3 is 2.87 bits per heavy atom. The molecule has 2 atom stereocenters. The van der Waals surface area contributed by atoms with Gasteiger partial charge in [0.05, 0.1) is 6.54 Å². The van der Waals surface area contributed by atoms with Gasteiger partial charge in [-0.3, -0.25) is 0 Å². The number of hydrogen-bond donors (Lipinski definition) is 2. The molecule has 1 aliphatic carbocycles. The zero-order valence-corrected chi connectivity index (χ0v) is 16.1. The molecule has 1 aliphatic rings. The molecule has 0 radical (unpaired) electrons. The van der Waals surface area contributed by atoms with Crippen LogP contribution in [-0.2, 0) is 6.54 Å². The maximum atomic E-state index is 13.8. The van der Waals surface area contributed by atoms with E-state index in [2.05, 4.69) is 32.5 Å². The van der Waals surface area contributed by atoms with Gasteiger partial charge in [0, 0.05) is 18.5 Å². The van der Waals surface area contributed by atoms with Gasteiger partial charge in [-0.2, -0.15) is 11.3 Å². The van der Waals surface area contributed by atoms with Gasteiger partial charge < -0.3 is 10.6 Å². The fourth-order valence-corrected chi connectivity index (χ4v) is 3.18. The Morgan fingerprint density at radius 1 is 1.35 bits per heavy atom. The fraction of sp³-hybridized carbons (Fsp3) is 0.353. The van der Waals surface area contributed by atoms with E-state index in [1.807, 2.05) is 19.1 Å². The number of nitrogens with zero attached hydrogens (tertiary/aromatic N) is 1. The summed E-state index contributed by atoms with van der Waals surface area (Å²) in [6, 6.07) is 9.37. The van der Waals surface area contributed by atoms with Crippen molar-refractivity contribution in [2.45, 2.75) is 31.8 Å². The van der Waals surface area contributed by atoms with E-state index >= 15 is 0 Å². The minimum atomic E-state index is -0.114. The van der Waals surface area contributed by atoms with Crippen molar-refractivity contribution in [3.05, 3.63) is 58.0 Å². The number of rotatable bonds is 5. The normalized spacial score (nSPS) is 19.8. The predicted octanol–water partition coefficient (Wildman–Crippen LogP) is 4.12. The Hall–Kier alpha value is -1.15. The van der Waals surface area contributed by atoms with E-state index in [0.29, 0.717) is 6.54 Å². The molecule has 23 heavy (non-hydrogen) atoms. The molecule has 0 bridgehead atoms. The molecule has 0 aliphatic heterocycles. The summed E-state index contributed by atoms with van der Waals surface area (Å²) in [6.45, 7) is 3.52. The molecule has 1 heterocycles. The van der Waals surface area contributed by atoms with Gasteiger partial charge in [-0.1, -0.05) is 18.2 Å². The van der Waals surface area contributed by atoms with E-state index in [-0.39, 0.29) is 41.8 Å². The number of aliphatic imine (C=N–C) groups is 1. The summed E-state index contributed by atoms with van der Waals surface area (Å²) in [5, 5.41) is 10.8. The predicted molar refractivity (Wildman–Crippen MR) is 105 cm³/mol. The van der Waals surface area contributed by atoms with Crippen LogP contribution in [0.15, 0.2) is 46.1 Å². The molecular formula is C17H21FIN3S. The first-order chi connectivity index (χ1) is 10.8. The van der Waals surface area contributed by atoms with E-state index in [1.165, 1.54) is 11.6 Å². The second-order valence-electron chi connectivity index (χ2n) is 5.44. The van der Waals surface area contributed by atoms with Crippen LogP contribution in [0.5, 0.6) is 0 Å². The van der Waals surface area contributed by atoms with Gasteiger partial charge >= 0.3 is 0 Å². The van der Waals surface area contributed by atoms with Crippen molar-refractivity contribution in [1.82, 2.24) is 10.6 Å². The summed E-state index contributed by atoms with van der Waals surface area (Å²) in [5.74, 6) is 0.931. The smallest absolute Gasteiger partial charge is 0.191 e. The molecule has 2 unspecified atom stereocenters. The minimum absolute atomic E-state index is 0. The number of thiophene rings is 1. The number of halogens is 2. The first-order valence-electron chi connectivity index (χ1n) is 7.58. The highest BCUT2D eigenvalue weighted by molar-refractivity contribution is 14.0. The summed E-state index contributed by atoms with van der Waals surface area (Å²) in [4.78, 5) is 4.59. The van der Waals surface area contributed by atoms with E-state index in [0.717, 1.165) is 24.5 Å². The lowest BCUT2D eigenvalue weighted by Crippen LogP contribution is -2.39. The van der Waals surface area contributed by atoms with Crippen LogP contribution in [0.3, 0.4) is 0 Å². The van der Waals surface area contributed by atoms with E-state index in [4.69, 9.17) is 0 Å². The van der Waals surface area contributed by atoms with Gasteiger partial charge in [0.2, 0.25) is 0 Å². The van der Waals surface area contributed by atoms with Crippen LogP contribution in [0.1, 0.15) is 30.4 Å². The molecule has 1 saturated carbocycles. The third-order valence-corrected chi connectivity index (χ3v) is 4.49. The number of nitrogens with one attached hydrogen (secondary N) is 2. The van der Waals surface area contributed by atoms with Crippen LogP contribution >= 0.6 is 35.3 Å². The van der Waals surface area contributed by atoms with Crippen LogP contribution in [0.4, 0.5) is 4.39 Å². The van der Waals surface area contributed by atoms with Crippen molar-refractivity contribution >= 4 is 41.3 Å². The Bertz CT molecular complexity index is 645. The average molecular weight is 445 g/mol. The lowest BCUT2D eigenvalue weighted by molar-refractivity contribution is 0.607. The number of guanidine groups is 1. The summed E-state index contributed by atoms with van der Waals surface area (Å²) < 4.78 is 13.8. The van der Waals surface area contributed by atoms with E-state index < -0.39 is 0 Å². The van der Waals surface area contributed by atoms with Crippen LogP contribution in [0.2, 0.25) is 0 Å². The monoisotopic (exact) mass is 445 g/mol. The molecule has 2 aromatic rings. The summed E-state index contributed by atoms with van der Waals surface area (Å²) in [7, 11) is 0. The van der Waals surface area contributed by atoms with Crippen molar-refractivity contribution in [3.8, 4) is 0 Å². The molecule has 6 heteroatoms. The Morgan fingerprint density at radius 2 is 2.17 bits per heavy atom. The van der Waals surface area contributed by atoms with Crippen LogP contribution in [0.25, 0.3) is 0 Å². The largest absolute Gasteiger partial charge is 0.357 e. The van der Waals surface area contributed by atoms with Gasteiger partial charge in [0.25, 0.3) is 0 Å². The SMILES string of the molecule is CCNC(=NCc1ccsc1)NC1CC1c1ccccc1F.I. The summed E-state index contributed by atoms with van der Waals surface area (Å²) in [5.41, 5.74) is 2.01. The van der Waals surface area contributed by atoms with Crippen molar-refractivity contribution in [1.29, 1.82) is 0 Å². The first-order valence-corrected chi connectivity index (χ1v) is 8.52. The molecule has 3 nitrogen and oxygen atoms in total. The summed E-state index contributed by atoms with van der Waals surface area (Å²) in [6.07, 6.45) is 0.948. The van der Waals surface area contributed by atoms with Crippen molar-refractivity contribution in [2.24, 2.45) is 4.99 Å². The van der Waals surface area contributed by atoms with Crippen molar-refractivity contribution in [3.63, 3.8) is 0 Å². The van der Waals surface area contributed by atoms with Gasteiger partial charge in [0.15, 0.2) is 5.96 Å². The maximum absolute atomic E-state index is 13.8. The molecule has 2 N–H and O–H groups in total. The minimum Gasteiger partial charge on any atom is -0.357 e. The molecule has 1 aromatic heterocycles. The van der Waals surface area contributed by atoms with Gasteiger partial charge in [0.1, 0.15) is 5.82 Å². The Kier molecular flexibility index (Phi) is 6.83. The number of hydrogen-bond acceptors (Lipinski definition) is 2. The molecule has 3 rings (SSSR count). The maximum Gasteiger partial charge on any atom is 0.191 e. The Labute approximate surface area is 157 Å². The lowest BCUT2D eigenvalue weighted by Gasteiger charge is -2.11. The first kappa shape index (κ1) is 18.2. The molecule has 1 aromatic carbocycles. The fourth-order valence-electron chi connectivity index (χ4n) is 2.52. The van der Waals surface area contributed by atoms with Crippen LogP contribution in [-0.4, -0.2) is 18.5 Å². The molecule has 124 valence electrons. The van der Waals surface area contributed by atoms with E-state index in [9.17, 15) is 4.39 Å². The van der Waals surface area contributed by atoms with Crippen molar-refractivity contribution < 1.29 is 4.39 Å². The van der Waals surface area contributed by atoms with Gasteiger partial charge in [-0.05, 0) is 47.4 Å². The highest BCUT2D eigenvalue weighted by Crippen LogP contribution is 2.41. The zero-order chi connectivity index (χ0) is 15.4. The van der Waals surface area contributed by atoms with Crippen LogP contribution in [0, 0.1) is 5.82 Å². The number of benzene rings is 1. The lowest BCUT2D eigenvalue weighted by atomic mass is 10.1. The van der Waals surface area contributed by atoms with Gasteiger partial charge in [-0.15, -0.1) is 24.0 Å². The van der Waals surface area contributed by atoms with E-state index in [1.54, 1.807) is 17.4 Å². The Balaban J connectivity index is 0.00000192. The highest BCUT2D eigenvalue weighted by atomic mass is 127. The third kappa shape index (κ3) is 4.91. The van der Waals surface area contributed by atoms with Gasteiger partial charge in [-0.25, -0.2) is 9.38 Å². The summed E-state index contributed by atoms with van der Waals surface area (Å²) >= 11 is 1.68. The molecular weight excluding hydrogens is 424 g/mol. The molecule has 0 amide bonds. The molecule has 0 saturated heterocycles. The zero-order valence-electron chi connectivity index (χ0n) is 13.0. The third-order valence-electron chi connectivity index (χ3n) is 3.76. The second kappa shape index (κ2) is 8.63. The molecule has 1 fully saturated rings. The quantitative estimate of drug-likeness (QED) is 0.413. The standard InChI is InChI=1S/C17H20FN3S.HI/c1-2-19-17(20-10-12-7-8-22-11-12)21-16-9-14(16)13-5-3-4-6-15(13)18;/h3-8,11,14,16H,2,9-10H2,1H3,(H2,19,20,21);1H. The average Bonchev–Trinajstić information content (AvgIpc) is 3.07. The van der Waals surface area contributed by atoms with Crippen molar-refractivity contribution in [2.75, 3.05) is 6.54 Å². The molecule has 0 spiro atoms.